The van der Waals surface area contributed by atoms with E-state index in [4.69, 9.17) is 0 Å². The van der Waals surface area contributed by atoms with Gasteiger partial charge in [0.2, 0.25) is 11.8 Å². The molecule has 4 nitrogen and oxygen atoms in total. The molecular formula is C15H26N2O2. The zero-order chi connectivity index (χ0) is 14.0. The van der Waals surface area contributed by atoms with Crippen LogP contribution in [0, 0.1) is 11.8 Å². The van der Waals surface area contributed by atoms with Crippen molar-refractivity contribution in [1.82, 2.24) is 10.2 Å². The van der Waals surface area contributed by atoms with E-state index in [2.05, 4.69) is 26.1 Å². The molecule has 1 N–H and O–H groups in total. The molecule has 1 saturated heterocycles. The minimum Gasteiger partial charge on any atom is -0.344 e. The Morgan fingerprint density at radius 3 is 2.74 bits per heavy atom. The van der Waals surface area contributed by atoms with Gasteiger partial charge in [0.25, 0.3) is 0 Å². The molecule has 2 rings (SSSR count). The van der Waals surface area contributed by atoms with Gasteiger partial charge in [0.1, 0.15) is 6.04 Å². The van der Waals surface area contributed by atoms with Gasteiger partial charge >= 0.3 is 0 Å². The third-order valence-electron chi connectivity index (χ3n) is 4.15. The van der Waals surface area contributed by atoms with Crippen LogP contribution in [0.25, 0.3) is 0 Å². The summed E-state index contributed by atoms with van der Waals surface area (Å²) in [5.41, 5.74) is 0. The highest BCUT2D eigenvalue weighted by molar-refractivity contribution is 5.90. The summed E-state index contributed by atoms with van der Waals surface area (Å²) in [5, 5.41) is 2.89. The van der Waals surface area contributed by atoms with Gasteiger partial charge in [0.05, 0.1) is 0 Å². The first kappa shape index (κ1) is 14.4. The van der Waals surface area contributed by atoms with E-state index in [9.17, 15) is 9.59 Å². The number of carbonyl (C=O) groups is 2. The number of carbonyl (C=O) groups excluding carboxylic acids is 2. The maximum absolute atomic E-state index is 12.6. The van der Waals surface area contributed by atoms with E-state index >= 15 is 0 Å². The molecule has 1 heterocycles. The molecule has 0 aromatic rings. The summed E-state index contributed by atoms with van der Waals surface area (Å²) in [6.07, 6.45) is 4.70. The molecule has 2 aliphatic rings. The van der Waals surface area contributed by atoms with Crippen LogP contribution in [0.15, 0.2) is 0 Å². The maximum Gasteiger partial charge on any atom is 0.245 e. The Balaban J connectivity index is 2.02. The zero-order valence-electron chi connectivity index (χ0n) is 12.3. The van der Waals surface area contributed by atoms with Crippen LogP contribution in [-0.2, 0) is 9.59 Å². The number of nitrogens with zero attached hydrogens (tertiary/aromatic N) is 1. The molecule has 1 aliphatic heterocycles. The average Bonchev–Trinajstić information content (AvgIpc) is 3.07. The third kappa shape index (κ3) is 3.48. The van der Waals surface area contributed by atoms with Gasteiger partial charge in [-0.2, -0.15) is 0 Å². The highest BCUT2D eigenvalue weighted by Crippen LogP contribution is 2.40. The second kappa shape index (κ2) is 5.93. The van der Waals surface area contributed by atoms with Crippen molar-refractivity contribution in [2.45, 2.75) is 65.0 Å². The Morgan fingerprint density at radius 1 is 1.37 bits per heavy atom. The van der Waals surface area contributed by atoms with Gasteiger partial charge in [-0.15, -0.1) is 0 Å². The van der Waals surface area contributed by atoms with Gasteiger partial charge in [-0.3, -0.25) is 9.59 Å². The minimum atomic E-state index is -0.308. The van der Waals surface area contributed by atoms with Crippen LogP contribution in [-0.4, -0.2) is 35.3 Å². The topological polar surface area (TPSA) is 49.4 Å². The smallest absolute Gasteiger partial charge is 0.245 e. The molecule has 0 aromatic heterocycles. The van der Waals surface area contributed by atoms with Gasteiger partial charge in [0.15, 0.2) is 0 Å². The normalized spacial score (nSPS) is 31.4. The lowest BCUT2D eigenvalue weighted by molar-refractivity contribution is -0.134. The Morgan fingerprint density at radius 2 is 2.11 bits per heavy atom. The first-order valence-corrected chi connectivity index (χ1v) is 7.62. The SMILES string of the molecule is CCCC1CC1N1CCC(=O)NC(CC(C)C)C1=O. The van der Waals surface area contributed by atoms with E-state index in [1.54, 1.807) is 0 Å². The standard InChI is InChI=1S/C15H26N2O2/c1-4-5-11-9-13(11)17-7-6-14(18)16-12(15(17)19)8-10(2)3/h10-13H,4-9H2,1-3H3,(H,16,18). The van der Waals surface area contributed by atoms with E-state index in [1.807, 2.05) is 4.90 Å². The van der Waals surface area contributed by atoms with Crippen molar-refractivity contribution < 1.29 is 9.59 Å². The predicted molar refractivity (Wildman–Crippen MR) is 74.5 cm³/mol. The van der Waals surface area contributed by atoms with Gasteiger partial charge < -0.3 is 10.2 Å². The largest absolute Gasteiger partial charge is 0.344 e. The summed E-state index contributed by atoms with van der Waals surface area (Å²) >= 11 is 0. The molecule has 3 unspecified atom stereocenters. The third-order valence-corrected chi connectivity index (χ3v) is 4.15. The Hall–Kier alpha value is -1.06. The monoisotopic (exact) mass is 266 g/mol. The molecule has 2 fully saturated rings. The summed E-state index contributed by atoms with van der Waals surface area (Å²) in [7, 11) is 0. The quantitative estimate of drug-likeness (QED) is 0.826. The molecule has 19 heavy (non-hydrogen) atoms. The number of rotatable bonds is 5. The number of hydrogen-bond acceptors (Lipinski definition) is 2. The summed E-state index contributed by atoms with van der Waals surface area (Å²) < 4.78 is 0. The second-order valence-electron chi connectivity index (χ2n) is 6.38. The second-order valence-corrected chi connectivity index (χ2v) is 6.38. The van der Waals surface area contributed by atoms with E-state index in [1.165, 1.54) is 12.8 Å². The molecular weight excluding hydrogens is 240 g/mol. The molecule has 0 aromatic carbocycles. The fourth-order valence-electron chi connectivity index (χ4n) is 3.12. The Labute approximate surface area is 115 Å². The van der Waals surface area contributed by atoms with Crippen molar-refractivity contribution >= 4 is 11.8 Å². The average molecular weight is 266 g/mol. The molecule has 0 bridgehead atoms. The van der Waals surface area contributed by atoms with Crippen LogP contribution in [0.3, 0.4) is 0 Å². The summed E-state index contributed by atoms with van der Waals surface area (Å²) in [5.74, 6) is 1.25. The molecule has 4 heteroatoms. The molecule has 0 spiro atoms. The number of hydrogen-bond donors (Lipinski definition) is 1. The van der Waals surface area contributed by atoms with Crippen LogP contribution in [0.2, 0.25) is 0 Å². The van der Waals surface area contributed by atoms with Gasteiger partial charge in [-0.25, -0.2) is 0 Å². The van der Waals surface area contributed by atoms with E-state index in [-0.39, 0.29) is 17.9 Å². The minimum absolute atomic E-state index is 0.0224. The summed E-state index contributed by atoms with van der Waals surface area (Å²) in [6.45, 7) is 6.97. The first-order valence-electron chi connectivity index (χ1n) is 7.62. The zero-order valence-corrected chi connectivity index (χ0v) is 12.3. The van der Waals surface area contributed by atoms with E-state index in [0.717, 1.165) is 12.8 Å². The fourth-order valence-corrected chi connectivity index (χ4v) is 3.12. The van der Waals surface area contributed by atoms with Crippen LogP contribution in [0.1, 0.15) is 52.9 Å². The van der Waals surface area contributed by atoms with Crippen molar-refractivity contribution in [3.63, 3.8) is 0 Å². The van der Waals surface area contributed by atoms with Crippen molar-refractivity contribution in [3.05, 3.63) is 0 Å². The van der Waals surface area contributed by atoms with Crippen LogP contribution in [0.4, 0.5) is 0 Å². The highest BCUT2D eigenvalue weighted by atomic mass is 16.2. The first-order chi connectivity index (χ1) is 9.02. The van der Waals surface area contributed by atoms with Crippen molar-refractivity contribution in [2.24, 2.45) is 11.8 Å². The molecule has 108 valence electrons. The molecule has 1 saturated carbocycles. The van der Waals surface area contributed by atoms with Crippen molar-refractivity contribution in [2.75, 3.05) is 6.54 Å². The molecule has 0 radical (unpaired) electrons. The van der Waals surface area contributed by atoms with Crippen molar-refractivity contribution in [1.29, 1.82) is 0 Å². The lowest BCUT2D eigenvalue weighted by Gasteiger charge is -2.25. The fraction of sp³-hybridized carbons (Fsp3) is 0.867. The Bertz CT molecular complexity index is 354. The van der Waals surface area contributed by atoms with Gasteiger partial charge in [-0.1, -0.05) is 27.2 Å². The molecule has 2 amide bonds. The van der Waals surface area contributed by atoms with Crippen LogP contribution < -0.4 is 5.32 Å². The van der Waals surface area contributed by atoms with Crippen LogP contribution in [0.5, 0.6) is 0 Å². The summed E-state index contributed by atoms with van der Waals surface area (Å²) in [4.78, 5) is 26.3. The number of nitrogens with one attached hydrogen (secondary N) is 1. The predicted octanol–water partition coefficient (Wildman–Crippen LogP) is 1.94. The van der Waals surface area contributed by atoms with E-state index < -0.39 is 0 Å². The lowest BCUT2D eigenvalue weighted by Crippen LogP contribution is -2.46. The van der Waals surface area contributed by atoms with Gasteiger partial charge in [-0.05, 0) is 31.1 Å². The number of amides is 2. The van der Waals surface area contributed by atoms with Gasteiger partial charge in [0, 0.05) is 19.0 Å². The van der Waals surface area contributed by atoms with E-state index in [0.29, 0.717) is 30.8 Å². The van der Waals surface area contributed by atoms with Crippen molar-refractivity contribution in [3.8, 4) is 0 Å². The lowest BCUT2D eigenvalue weighted by atomic mass is 10.0. The highest BCUT2D eigenvalue weighted by Gasteiger charge is 2.45. The van der Waals surface area contributed by atoms with Crippen LogP contribution >= 0.6 is 0 Å². The molecule has 1 aliphatic carbocycles. The molecule has 3 atom stereocenters. The maximum atomic E-state index is 12.6. The summed E-state index contributed by atoms with van der Waals surface area (Å²) in [6, 6.07) is 0.0905. The Kier molecular flexibility index (Phi) is 4.48.